The van der Waals surface area contributed by atoms with Crippen LogP contribution in [-0.2, 0) is 19.1 Å². The topological polar surface area (TPSA) is 123 Å². The molecule has 2 aromatic rings. The van der Waals surface area contributed by atoms with Crippen molar-refractivity contribution in [1.29, 1.82) is 0 Å². The number of anilines is 1. The molecule has 0 radical (unpaired) electrons. The van der Waals surface area contributed by atoms with E-state index in [9.17, 15) is 19.2 Å². The third-order valence-electron chi connectivity index (χ3n) is 4.91. The van der Waals surface area contributed by atoms with Crippen LogP contribution in [0.15, 0.2) is 36.4 Å². The van der Waals surface area contributed by atoms with E-state index in [0.717, 1.165) is 5.01 Å². The summed E-state index contributed by atoms with van der Waals surface area (Å²) < 4.78 is 15.3. The highest BCUT2D eigenvalue weighted by molar-refractivity contribution is 6.44. The van der Waals surface area contributed by atoms with E-state index in [-0.39, 0.29) is 34.3 Å². The van der Waals surface area contributed by atoms with Crippen molar-refractivity contribution in [2.24, 2.45) is 5.92 Å². The number of ether oxygens (including phenoxy) is 3. The first-order valence-electron chi connectivity index (χ1n) is 9.97. The number of hydrogen-bond acceptors (Lipinski definition) is 7. The van der Waals surface area contributed by atoms with E-state index in [4.69, 9.17) is 37.4 Å². The highest BCUT2D eigenvalue weighted by Crippen LogP contribution is 2.30. The number of nitrogens with zero attached hydrogens (tertiary/aromatic N) is 1. The number of rotatable bonds is 8. The lowest BCUT2D eigenvalue weighted by atomic mass is 10.1. The number of amides is 3. The van der Waals surface area contributed by atoms with Gasteiger partial charge in [-0.25, -0.2) is 0 Å². The van der Waals surface area contributed by atoms with Crippen molar-refractivity contribution >= 4 is 52.6 Å². The number of nitrogens with one attached hydrogen (secondary N) is 2. The van der Waals surface area contributed by atoms with Gasteiger partial charge in [0.1, 0.15) is 0 Å². The van der Waals surface area contributed by atoms with Crippen molar-refractivity contribution in [2.45, 2.75) is 6.42 Å². The lowest BCUT2D eigenvalue weighted by Crippen LogP contribution is -2.43. The molecule has 0 bridgehead atoms. The predicted octanol–water partition coefficient (Wildman–Crippen LogP) is 2.69. The zero-order valence-corrected chi connectivity index (χ0v) is 19.7. The number of carbonyl (C=O) groups excluding carboxylic acids is 4. The Balaban J connectivity index is 1.52. The molecular formula is C22H21Cl2N3O7. The molecule has 2 aromatic carbocycles. The fraction of sp³-hybridized carbons (Fsp3) is 0.273. The summed E-state index contributed by atoms with van der Waals surface area (Å²) in [5.74, 6) is -2.46. The molecule has 34 heavy (non-hydrogen) atoms. The predicted molar refractivity (Wildman–Crippen MR) is 123 cm³/mol. The zero-order chi connectivity index (χ0) is 24.8. The minimum Gasteiger partial charge on any atom is -0.493 e. The quantitative estimate of drug-likeness (QED) is 0.524. The molecule has 12 heteroatoms. The van der Waals surface area contributed by atoms with E-state index in [1.807, 2.05) is 0 Å². The highest BCUT2D eigenvalue weighted by Gasteiger charge is 2.36. The molecule has 10 nitrogen and oxygen atoms in total. The van der Waals surface area contributed by atoms with Gasteiger partial charge in [0.05, 0.1) is 42.4 Å². The molecular weight excluding hydrogens is 489 g/mol. The van der Waals surface area contributed by atoms with E-state index in [0.29, 0.717) is 11.5 Å². The molecule has 180 valence electrons. The minimum absolute atomic E-state index is 0.0988. The minimum atomic E-state index is -0.847. The van der Waals surface area contributed by atoms with Crippen LogP contribution in [0.1, 0.15) is 16.8 Å². The van der Waals surface area contributed by atoms with E-state index in [2.05, 4.69) is 10.7 Å². The lowest BCUT2D eigenvalue weighted by molar-refractivity contribution is -0.151. The van der Waals surface area contributed by atoms with Gasteiger partial charge in [-0.05, 0) is 30.3 Å². The van der Waals surface area contributed by atoms with Gasteiger partial charge in [0.2, 0.25) is 5.91 Å². The van der Waals surface area contributed by atoms with Crippen LogP contribution in [-0.4, -0.2) is 56.1 Å². The fourth-order valence-electron chi connectivity index (χ4n) is 3.18. The van der Waals surface area contributed by atoms with Crippen LogP contribution >= 0.6 is 23.2 Å². The Morgan fingerprint density at radius 1 is 1.09 bits per heavy atom. The summed E-state index contributed by atoms with van der Waals surface area (Å²) in [4.78, 5) is 49.3. The summed E-state index contributed by atoms with van der Waals surface area (Å²) in [6.07, 6.45) is -0.174. The molecule has 0 saturated carbocycles. The molecule has 1 aliphatic rings. The average molecular weight is 510 g/mol. The number of hydrogen-bond donors (Lipinski definition) is 2. The largest absolute Gasteiger partial charge is 0.493 e. The van der Waals surface area contributed by atoms with Crippen molar-refractivity contribution in [3.05, 3.63) is 52.0 Å². The summed E-state index contributed by atoms with van der Waals surface area (Å²) in [6.45, 7) is -0.678. The van der Waals surface area contributed by atoms with Crippen LogP contribution in [0.5, 0.6) is 11.5 Å². The van der Waals surface area contributed by atoms with Crippen LogP contribution in [0.3, 0.4) is 0 Å². The molecule has 1 aliphatic heterocycles. The van der Waals surface area contributed by atoms with Gasteiger partial charge in [-0.3, -0.25) is 29.6 Å². The Labute approximate surface area is 205 Å². The number of methoxy groups -OCH3 is 2. The van der Waals surface area contributed by atoms with Gasteiger partial charge >= 0.3 is 5.97 Å². The van der Waals surface area contributed by atoms with Crippen LogP contribution < -0.4 is 20.2 Å². The van der Waals surface area contributed by atoms with Crippen LogP contribution in [0, 0.1) is 5.92 Å². The molecule has 0 aromatic heterocycles. The first-order chi connectivity index (χ1) is 16.2. The maximum absolute atomic E-state index is 12.5. The summed E-state index contributed by atoms with van der Waals surface area (Å²) in [5.41, 5.74) is 2.96. The fourth-order valence-corrected chi connectivity index (χ4v) is 3.53. The normalized spacial score (nSPS) is 15.0. The molecule has 2 N–H and O–H groups in total. The van der Waals surface area contributed by atoms with E-state index in [1.165, 1.54) is 26.4 Å². The van der Waals surface area contributed by atoms with E-state index >= 15 is 0 Å². The SMILES string of the molecule is COc1ccc(C(=O)NN2C[C@@H](C(=O)OCC(=O)Nc3cccc(Cl)c3Cl)CC2=O)cc1OC. The summed E-state index contributed by atoms with van der Waals surface area (Å²) >= 11 is 11.9. The second-order valence-electron chi connectivity index (χ2n) is 7.17. The number of carbonyl (C=O) groups is 4. The van der Waals surface area contributed by atoms with Crippen molar-refractivity contribution in [1.82, 2.24) is 10.4 Å². The smallest absolute Gasteiger partial charge is 0.311 e. The molecule has 1 heterocycles. The van der Waals surface area contributed by atoms with Crippen molar-refractivity contribution in [3.8, 4) is 11.5 Å². The Bertz CT molecular complexity index is 1130. The molecule has 1 fully saturated rings. The molecule has 1 saturated heterocycles. The van der Waals surface area contributed by atoms with Gasteiger partial charge in [-0.2, -0.15) is 0 Å². The molecule has 3 rings (SSSR count). The molecule has 0 aliphatic carbocycles. The zero-order valence-electron chi connectivity index (χ0n) is 18.2. The third kappa shape index (κ3) is 5.89. The number of benzene rings is 2. The van der Waals surface area contributed by atoms with Gasteiger partial charge < -0.3 is 19.5 Å². The van der Waals surface area contributed by atoms with E-state index < -0.39 is 36.2 Å². The van der Waals surface area contributed by atoms with Crippen LogP contribution in [0.25, 0.3) is 0 Å². The van der Waals surface area contributed by atoms with Gasteiger partial charge in [0, 0.05) is 12.0 Å². The summed E-state index contributed by atoms with van der Waals surface area (Å²) in [5, 5.41) is 3.95. The maximum atomic E-state index is 12.5. The van der Waals surface area contributed by atoms with E-state index in [1.54, 1.807) is 24.3 Å². The van der Waals surface area contributed by atoms with Crippen LogP contribution in [0.2, 0.25) is 10.0 Å². The lowest BCUT2D eigenvalue weighted by Gasteiger charge is -2.18. The molecule has 3 amide bonds. The maximum Gasteiger partial charge on any atom is 0.311 e. The Hall–Kier alpha value is -3.50. The first kappa shape index (κ1) is 25.1. The van der Waals surface area contributed by atoms with Gasteiger partial charge in [0.15, 0.2) is 18.1 Å². The second-order valence-corrected chi connectivity index (χ2v) is 7.96. The summed E-state index contributed by atoms with van der Waals surface area (Å²) in [7, 11) is 2.90. The van der Waals surface area contributed by atoms with Crippen molar-refractivity contribution in [2.75, 3.05) is 32.7 Å². The number of esters is 1. The Kier molecular flexibility index (Phi) is 8.19. The van der Waals surface area contributed by atoms with Gasteiger partial charge in [-0.1, -0.05) is 29.3 Å². The second kappa shape index (κ2) is 11.1. The Morgan fingerprint density at radius 3 is 2.53 bits per heavy atom. The standard InChI is InChI=1S/C22H21Cl2N3O7/c1-32-16-7-6-12(8-17(16)33-2)21(30)26-27-10-13(9-19(27)29)22(31)34-11-18(28)25-15-5-3-4-14(23)20(15)24/h3-8,13H,9-11H2,1-2H3,(H,25,28)(H,26,30)/t13-/m0/s1. The average Bonchev–Trinajstić information content (AvgIpc) is 3.20. The van der Waals surface area contributed by atoms with Gasteiger partial charge in [0.25, 0.3) is 11.8 Å². The van der Waals surface area contributed by atoms with Crippen molar-refractivity contribution in [3.63, 3.8) is 0 Å². The third-order valence-corrected chi connectivity index (χ3v) is 5.73. The van der Waals surface area contributed by atoms with Gasteiger partial charge in [-0.15, -0.1) is 0 Å². The molecule has 1 atom stereocenters. The number of halogens is 2. The molecule has 0 spiro atoms. The number of hydrazine groups is 1. The molecule has 0 unspecified atom stereocenters. The highest BCUT2D eigenvalue weighted by atomic mass is 35.5. The van der Waals surface area contributed by atoms with Crippen LogP contribution in [0.4, 0.5) is 5.69 Å². The Morgan fingerprint density at radius 2 is 1.82 bits per heavy atom. The monoisotopic (exact) mass is 509 g/mol. The first-order valence-corrected chi connectivity index (χ1v) is 10.7. The summed E-state index contributed by atoms with van der Waals surface area (Å²) in [6, 6.07) is 9.24. The van der Waals surface area contributed by atoms with Crippen molar-refractivity contribution < 1.29 is 33.4 Å².